The zero-order chi connectivity index (χ0) is 25.4. The Labute approximate surface area is 211 Å². The fraction of sp³-hybridized carbons (Fsp3) is 0.360. The molecule has 184 valence electrons. The van der Waals surface area contributed by atoms with Crippen LogP contribution in [0.5, 0.6) is 5.75 Å². The number of carbonyl (C=O) groups excluding carboxylic acids is 4. The first-order valence-electron chi connectivity index (χ1n) is 12.1. The van der Waals surface area contributed by atoms with Crippen molar-refractivity contribution >= 4 is 39.5 Å². The third-order valence-electron chi connectivity index (χ3n) is 7.16. The van der Waals surface area contributed by atoms with Crippen LogP contribution >= 0.6 is 0 Å². The van der Waals surface area contributed by atoms with Crippen molar-refractivity contribution in [3.63, 3.8) is 0 Å². The van der Waals surface area contributed by atoms with Crippen LogP contribution in [-0.2, 0) is 38.8 Å². The van der Waals surface area contributed by atoms with Crippen LogP contribution in [0.4, 0.5) is 0 Å². The summed E-state index contributed by atoms with van der Waals surface area (Å²) < 4.78 is 11.3. The summed E-state index contributed by atoms with van der Waals surface area (Å²) in [6, 6.07) is 12.6. The van der Waals surface area contributed by atoms with Gasteiger partial charge in [-0.25, -0.2) is 0 Å². The molecule has 0 bridgehead atoms. The van der Waals surface area contributed by atoms with Crippen molar-refractivity contribution in [2.75, 3.05) is 19.8 Å². The summed E-state index contributed by atoms with van der Waals surface area (Å²) in [5, 5.41) is 0. The minimum atomic E-state index is -0.675. The topological polar surface area (TPSA) is 96.5 Å². The average molecular weight is 487 g/mol. The molecule has 0 radical (unpaired) electrons. The maximum Gasteiger partial charge on any atom is 0.255 e. The molecule has 2 aromatic rings. The Kier molecular flexibility index (Phi) is 6.57. The molecular formula is C25H27B2N3O6. The number of hydrogen-bond acceptors (Lipinski definition) is 6. The van der Waals surface area contributed by atoms with E-state index < -0.39 is 6.04 Å². The minimum Gasteiger partial charge on any atom is -0.489 e. The van der Waals surface area contributed by atoms with Crippen LogP contribution in [0.2, 0.25) is 5.82 Å². The monoisotopic (exact) mass is 487 g/mol. The van der Waals surface area contributed by atoms with Gasteiger partial charge in [-0.1, -0.05) is 30.3 Å². The lowest BCUT2D eigenvalue weighted by molar-refractivity contribution is -0.145. The standard InChI is InChI=1S/C25H27B2N3O6/c26-19-10-21(31)30(27)25(34)23(19)29-12-18-17(24(29)33)2-1-3-20(18)36-13-16-6-4-15(5-7-16)11-28-8-9-35-14-22(28)32/h1-7,19,23H,8-14,26-27H2. The van der Waals surface area contributed by atoms with E-state index >= 15 is 0 Å². The van der Waals surface area contributed by atoms with Crippen molar-refractivity contribution in [2.24, 2.45) is 0 Å². The zero-order valence-corrected chi connectivity index (χ0v) is 20.4. The number of nitrogens with zero attached hydrogens (tertiary/aromatic N) is 3. The molecule has 9 nitrogen and oxygen atoms in total. The van der Waals surface area contributed by atoms with Crippen molar-refractivity contribution in [1.82, 2.24) is 14.6 Å². The highest BCUT2D eigenvalue weighted by Gasteiger charge is 2.45. The van der Waals surface area contributed by atoms with Crippen molar-refractivity contribution in [2.45, 2.75) is 38.0 Å². The van der Waals surface area contributed by atoms with Crippen molar-refractivity contribution in [1.29, 1.82) is 0 Å². The molecule has 0 aromatic heterocycles. The summed E-state index contributed by atoms with van der Waals surface area (Å²) in [6.07, 6.45) is 0.228. The number of piperidine rings is 1. The molecule has 4 amide bonds. The minimum absolute atomic E-state index is 0.00208. The van der Waals surface area contributed by atoms with Crippen LogP contribution in [-0.4, -0.2) is 79.9 Å². The van der Waals surface area contributed by atoms with Crippen molar-refractivity contribution in [3.8, 4) is 5.75 Å². The first kappa shape index (κ1) is 24.1. The van der Waals surface area contributed by atoms with Gasteiger partial charge in [-0.2, -0.15) is 0 Å². The third-order valence-corrected chi connectivity index (χ3v) is 7.16. The van der Waals surface area contributed by atoms with Gasteiger partial charge in [0.15, 0.2) is 0 Å². The van der Waals surface area contributed by atoms with Gasteiger partial charge in [0.05, 0.1) is 13.2 Å². The summed E-state index contributed by atoms with van der Waals surface area (Å²) in [5.41, 5.74) is 3.27. The molecule has 36 heavy (non-hydrogen) atoms. The van der Waals surface area contributed by atoms with Gasteiger partial charge in [-0.3, -0.25) is 19.2 Å². The van der Waals surface area contributed by atoms with Crippen LogP contribution in [0.3, 0.4) is 0 Å². The van der Waals surface area contributed by atoms with Gasteiger partial charge in [-0.15, -0.1) is 0 Å². The van der Waals surface area contributed by atoms with Gasteiger partial charge in [0.2, 0.25) is 25.7 Å². The molecule has 3 aliphatic rings. The highest BCUT2D eigenvalue weighted by Crippen LogP contribution is 2.36. The average Bonchev–Trinajstić information content (AvgIpc) is 3.20. The molecule has 11 heteroatoms. The molecule has 0 N–H and O–H groups in total. The number of carbonyl (C=O) groups is 4. The third kappa shape index (κ3) is 4.51. The quantitative estimate of drug-likeness (QED) is 0.410. The molecule has 0 saturated carbocycles. The van der Waals surface area contributed by atoms with E-state index in [1.165, 1.54) is 7.98 Å². The Morgan fingerprint density at radius 2 is 1.75 bits per heavy atom. The smallest absolute Gasteiger partial charge is 0.255 e. The second-order valence-corrected chi connectivity index (χ2v) is 9.61. The number of fused-ring (bicyclic) bond motifs is 1. The van der Waals surface area contributed by atoms with Crippen LogP contribution in [0.25, 0.3) is 0 Å². The molecule has 3 aliphatic heterocycles. The van der Waals surface area contributed by atoms with E-state index in [9.17, 15) is 19.2 Å². The molecule has 0 spiro atoms. The predicted octanol–water partition coefficient (Wildman–Crippen LogP) is -0.323. The normalized spacial score (nSPS) is 22.3. The first-order valence-corrected chi connectivity index (χ1v) is 12.1. The number of benzene rings is 2. The second kappa shape index (κ2) is 9.81. The van der Waals surface area contributed by atoms with E-state index in [4.69, 9.17) is 9.47 Å². The van der Waals surface area contributed by atoms with Gasteiger partial charge in [0, 0.05) is 30.6 Å². The maximum absolute atomic E-state index is 13.2. The lowest BCUT2D eigenvalue weighted by Crippen LogP contribution is -2.56. The number of ether oxygens (including phenoxy) is 2. The largest absolute Gasteiger partial charge is 0.489 e. The molecule has 2 saturated heterocycles. The van der Waals surface area contributed by atoms with Crippen LogP contribution in [0.15, 0.2) is 42.5 Å². The summed E-state index contributed by atoms with van der Waals surface area (Å²) in [7, 11) is 3.30. The number of rotatable bonds is 6. The lowest BCUT2D eigenvalue weighted by Gasteiger charge is -2.38. The molecule has 0 aliphatic carbocycles. The van der Waals surface area contributed by atoms with E-state index in [-0.39, 0.29) is 49.0 Å². The van der Waals surface area contributed by atoms with E-state index in [1.54, 1.807) is 21.9 Å². The van der Waals surface area contributed by atoms with Crippen LogP contribution in [0.1, 0.15) is 33.5 Å². The summed E-state index contributed by atoms with van der Waals surface area (Å²) in [6.45, 7) is 2.41. The number of hydrogen-bond donors (Lipinski definition) is 0. The summed E-state index contributed by atoms with van der Waals surface area (Å²) in [4.78, 5) is 54.5. The fourth-order valence-corrected chi connectivity index (χ4v) is 5.05. The van der Waals surface area contributed by atoms with Gasteiger partial charge in [0.25, 0.3) is 5.91 Å². The van der Waals surface area contributed by atoms with Gasteiger partial charge in [0.1, 0.15) is 32.9 Å². The first-order chi connectivity index (χ1) is 17.3. The van der Waals surface area contributed by atoms with E-state index in [0.29, 0.717) is 37.6 Å². The lowest BCUT2D eigenvalue weighted by atomic mass is 9.73. The molecular weight excluding hydrogens is 460 g/mol. The Bertz CT molecular complexity index is 1220. The van der Waals surface area contributed by atoms with Gasteiger partial charge < -0.3 is 24.1 Å². The number of imide groups is 1. The van der Waals surface area contributed by atoms with Crippen LogP contribution < -0.4 is 4.74 Å². The zero-order valence-electron chi connectivity index (χ0n) is 20.4. The molecule has 2 unspecified atom stereocenters. The Morgan fingerprint density at radius 3 is 2.50 bits per heavy atom. The van der Waals surface area contributed by atoms with Crippen molar-refractivity contribution in [3.05, 3.63) is 64.7 Å². The summed E-state index contributed by atoms with van der Waals surface area (Å²) in [5.74, 6) is -0.439. The highest BCUT2D eigenvalue weighted by atomic mass is 16.5. The maximum atomic E-state index is 13.2. The highest BCUT2D eigenvalue weighted by molar-refractivity contribution is 6.30. The van der Waals surface area contributed by atoms with E-state index in [0.717, 1.165) is 21.5 Å². The van der Waals surface area contributed by atoms with E-state index in [1.807, 2.05) is 38.2 Å². The molecule has 5 rings (SSSR count). The molecule has 2 fully saturated rings. The van der Waals surface area contributed by atoms with Gasteiger partial charge >= 0.3 is 0 Å². The second-order valence-electron chi connectivity index (χ2n) is 9.61. The summed E-state index contributed by atoms with van der Waals surface area (Å²) >= 11 is 0. The van der Waals surface area contributed by atoms with Crippen LogP contribution in [0, 0.1) is 0 Å². The fourth-order valence-electron chi connectivity index (χ4n) is 5.05. The Morgan fingerprint density at radius 1 is 1.00 bits per heavy atom. The SMILES string of the molecule is BC1CC(=O)N(B)C(=O)C1N1Cc2c(OCc3ccc(CN4CCOCC4=O)cc3)cccc2C1=O. The molecule has 2 atom stereocenters. The Hall–Kier alpha value is -3.59. The van der Waals surface area contributed by atoms with Crippen molar-refractivity contribution < 1.29 is 28.7 Å². The molecule has 3 heterocycles. The Balaban J connectivity index is 1.26. The number of amides is 4. The predicted molar refractivity (Wildman–Crippen MR) is 134 cm³/mol. The van der Waals surface area contributed by atoms with E-state index in [2.05, 4.69) is 0 Å². The molecule has 2 aromatic carbocycles. The van der Waals surface area contributed by atoms with Gasteiger partial charge in [-0.05, 0) is 29.1 Å². The number of morpholine rings is 1.